The number of carbonyl (C=O) groups is 2. The molecule has 8 nitrogen and oxygen atoms in total. The van der Waals surface area contributed by atoms with Gasteiger partial charge in [0.15, 0.2) is 0 Å². The fourth-order valence-corrected chi connectivity index (χ4v) is 5.82. The third-order valence-corrected chi connectivity index (χ3v) is 8.34. The molecule has 2 amide bonds. The second-order valence-corrected chi connectivity index (χ2v) is 12.1. The summed E-state index contributed by atoms with van der Waals surface area (Å²) in [4.78, 5) is 28.7. The predicted octanol–water partition coefficient (Wildman–Crippen LogP) is 5.18. The molecule has 3 rings (SSSR count). The number of rotatable bonds is 12. The van der Waals surface area contributed by atoms with Gasteiger partial charge in [0.05, 0.1) is 17.7 Å². The molecule has 1 N–H and O–H groups in total. The molecular weight excluding hydrogens is 550 g/mol. The highest BCUT2D eigenvalue weighted by molar-refractivity contribution is 7.92. The van der Waals surface area contributed by atoms with Gasteiger partial charge in [-0.25, -0.2) is 8.42 Å². The molecule has 0 unspecified atom stereocenters. The van der Waals surface area contributed by atoms with Gasteiger partial charge in [-0.2, -0.15) is 0 Å². The highest BCUT2D eigenvalue weighted by atomic mass is 35.5. The fourth-order valence-electron chi connectivity index (χ4n) is 4.23. The molecule has 0 bridgehead atoms. The van der Waals surface area contributed by atoms with Crippen molar-refractivity contribution in [3.8, 4) is 5.75 Å². The van der Waals surface area contributed by atoms with Crippen LogP contribution in [0.2, 0.25) is 5.02 Å². The number of hydrogen-bond acceptors (Lipinski definition) is 5. The number of benzene rings is 3. The molecular formula is C30H36ClN3O5S. The van der Waals surface area contributed by atoms with Gasteiger partial charge in [-0.15, -0.1) is 0 Å². The summed E-state index contributed by atoms with van der Waals surface area (Å²) in [7, 11) is -2.71. The Labute approximate surface area is 241 Å². The first-order valence-electron chi connectivity index (χ1n) is 13.0. The quantitative estimate of drug-likeness (QED) is 0.316. The standard InChI is InChI=1S/C30H36ClN3O5S/c1-6-28(30(36)32-21(2)3)33(19-23-12-10-22(4)11-13-23)29(35)20-34(25-9-7-8-24(31)18-25)40(37,38)27-16-14-26(39-5)15-17-27/h7-18,21,28H,6,19-20H2,1-5H3,(H,32,36)/t28-/m1/s1. The zero-order chi connectivity index (χ0) is 29.4. The van der Waals surface area contributed by atoms with Crippen LogP contribution in [0.3, 0.4) is 0 Å². The van der Waals surface area contributed by atoms with E-state index in [1.54, 1.807) is 18.2 Å². The molecule has 0 aliphatic rings. The van der Waals surface area contributed by atoms with Crippen molar-refractivity contribution >= 4 is 39.1 Å². The van der Waals surface area contributed by atoms with Crippen LogP contribution in [0.5, 0.6) is 5.75 Å². The minimum Gasteiger partial charge on any atom is -0.497 e. The van der Waals surface area contributed by atoms with E-state index in [0.29, 0.717) is 17.2 Å². The Bertz CT molecular complexity index is 1410. The lowest BCUT2D eigenvalue weighted by Gasteiger charge is -2.33. The van der Waals surface area contributed by atoms with Crippen molar-refractivity contribution in [1.29, 1.82) is 0 Å². The number of sulfonamides is 1. The Kier molecular flexibility index (Phi) is 10.6. The molecule has 3 aromatic rings. The van der Waals surface area contributed by atoms with Crippen LogP contribution in [-0.4, -0.2) is 50.9 Å². The van der Waals surface area contributed by atoms with Crippen LogP contribution >= 0.6 is 11.6 Å². The molecule has 10 heteroatoms. The molecule has 3 aromatic carbocycles. The van der Waals surface area contributed by atoms with Gasteiger partial charge < -0.3 is 15.0 Å². The van der Waals surface area contributed by atoms with Gasteiger partial charge in [0.25, 0.3) is 10.0 Å². The van der Waals surface area contributed by atoms with Crippen LogP contribution in [0.15, 0.2) is 77.7 Å². The van der Waals surface area contributed by atoms with Gasteiger partial charge in [-0.3, -0.25) is 13.9 Å². The maximum Gasteiger partial charge on any atom is 0.264 e. The molecule has 214 valence electrons. The Morgan fingerprint density at radius 1 is 1.00 bits per heavy atom. The predicted molar refractivity (Wildman–Crippen MR) is 158 cm³/mol. The monoisotopic (exact) mass is 585 g/mol. The lowest BCUT2D eigenvalue weighted by Crippen LogP contribution is -2.53. The van der Waals surface area contributed by atoms with E-state index >= 15 is 0 Å². The third-order valence-electron chi connectivity index (χ3n) is 6.31. The second kappa shape index (κ2) is 13.7. The van der Waals surface area contributed by atoms with Gasteiger partial charge in [0.1, 0.15) is 18.3 Å². The first kappa shape index (κ1) is 31.0. The zero-order valence-corrected chi connectivity index (χ0v) is 25.0. The van der Waals surface area contributed by atoms with Gasteiger partial charge in [0.2, 0.25) is 11.8 Å². The summed E-state index contributed by atoms with van der Waals surface area (Å²) in [6.45, 7) is 7.08. The van der Waals surface area contributed by atoms with Crippen molar-refractivity contribution in [1.82, 2.24) is 10.2 Å². The summed E-state index contributed by atoms with van der Waals surface area (Å²) in [5, 5.41) is 3.21. The Hall–Kier alpha value is -3.56. The molecule has 1 atom stereocenters. The normalized spacial score (nSPS) is 12.1. The number of amides is 2. The van der Waals surface area contributed by atoms with Crippen LogP contribution in [-0.2, 0) is 26.2 Å². The summed E-state index contributed by atoms with van der Waals surface area (Å²) < 4.78 is 34.0. The van der Waals surface area contributed by atoms with E-state index in [2.05, 4.69) is 5.32 Å². The summed E-state index contributed by atoms with van der Waals surface area (Å²) in [6.07, 6.45) is 0.346. The summed E-state index contributed by atoms with van der Waals surface area (Å²) >= 11 is 6.22. The van der Waals surface area contributed by atoms with Gasteiger partial charge >= 0.3 is 0 Å². The average molecular weight is 586 g/mol. The number of carbonyl (C=O) groups excluding carboxylic acids is 2. The Morgan fingerprint density at radius 2 is 1.65 bits per heavy atom. The summed E-state index contributed by atoms with van der Waals surface area (Å²) in [6, 6.07) is 18.9. The smallest absolute Gasteiger partial charge is 0.264 e. The molecule has 40 heavy (non-hydrogen) atoms. The number of aryl methyl sites for hydroxylation is 1. The van der Waals surface area contributed by atoms with Crippen molar-refractivity contribution in [2.75, 3.05) is 18.0 Å². The number of hydrogen-bond donors (Lipinski definition) is 1. The van der Waals surface area contributed by atoms with E-state index in [1.165, 1.54) is 42.3 Å². The van der Waals surface area contributed by atoms with Crippen molar-refractivity contribution in [3.05, 3.63) is 88.9 Å². The lowest BCUT2D eigenvalue weighted by atomic mass is 10.1. The van der Waals surface area contributed by atoms with Crippen molar-refractivity contribution in [3.63, 3.8) is 0 Å². The highest BCUT2D eigenvalue weighted by Crippen LogP contribution is 2.28. The van der Waals surface area contributed by atoms with Crippen molar-refractivity contribution < 1.29 is 22.7 Å². The molecule has 0 aliphatic carbocycles. The Balaban J connectivity index is 2.06. The molecule has 0 aromatic heterocycles. The SMILES string of the molecule is CC[C@H](C(=O)NC(C)C)N(Cc1ccc(C)cc1)C(=O)CN(c1cccc(Cl)c1)S(=O)(=O)c1ccc(OC)cc1. The van der Waals surface area contributed by atoms with Gasteiger partial charge in [0, 0.05) is 17.6 Å². The maximum atomic E-state index is 14.0. The average Bonchev–Trinajstić information content (AvgIpc) is 2.92. The zero-order valence-electron chi connectivity index (χ0n) is 23.4. The first-order valence-corrected chi connectivity index (χ1v) is 14.9. The van der Waals surface area contributed by atoms with Crippen molar-refractivity contribution in [2.24, 2.45) is 0 Å². The molecule has 0 saturated carbocycles. The number of nitrogens with one attached hydrogen (secondary N) is 1. The van der Waals surface area contributed by atoms with Crippen LogP contribution in [0, 0.1) is 6.92 Å². The second-order valence-electron chi connectivity index (χ2n) is 9.76. The molecule has 0 heterocycles. The number of ether oxygens (including phenoxy) is 1. The number of anilines is 1. The largest absolute Gasteiger partial charge is 0.497 e. The minimum atomic E-state index is -4.20. The fraction of sp³-hybridized carbons (Fsp3) is 0.333. The minimum absolute atomic E-state index is 0.0178. The van der Waals surface area contributed by atoms with E-state index in [4.69, 9.17) is 16.3 Å². The van der Waals surface area contributed by atoms with Crippen LogP contribution in [0.25, 0.3) is 0 Å². The maximum absolute atomic E-state index is 14.0. The molecule has 0 spiro atoms. The van der Waals surface area contributed by atoms with Crippen molar-refractivity contribution in [2.45, 2.75) is 57.6 Å². The molecule has 0 aliphatic heterocycles. The van der Waals surface area contributed by atoms with E-state index in [-0.39, 0.29) is 29.1 Å². The topological polar surface area (TPSA) is 96.0 Å². The Morgan fingerprint density at radius 3 is 2.20 bits per heavy atom. The first-order chi connectivity index (χ1) is 19.0. The molecule has 0 fully saturated rings. The number of methoxy groups -OCH3 is 1. The summed E-state index contributed by atoms with van der Waals surface area (Å²) in [5.74, 6) is -0.329. The van der Waals surface area contributed by atoms with E-state index < -0.39 is 28.5 Å². The van der Waals surface area contributed by atoms with Crippen LogP contribution in [0.1, 0.15) is 38.3 Å². The number of nitrogens with zero attached hydrogens (tertiary/aromatic N) is 2. The molecule has 0 radical (unpaired) electrons. The van der Waals surface area contributed by atoms with E-state index in [0.717, 1.165) is 15.4 Å². The van der Waals surface area contributed by atoms with Gasteiger partial charge in [-0.1, -0.05) is 54.4 Å². The molecule has 0 saturated heterocycles. The summed E-state index contributed by atoms with van der Waals surface area (Å²) in [5.41, 5.74) is 2.11. The lowest BCUT2D eigenvalue weighted by molar-refractivity contribution is -0.140. The third kappa shape index (κ3) is 7.76. The van der Waals surface area contributed by atoms with Crippen LogP contribution in [0.4, 0.5) is 5.69 Å². The van der Waals surface area contributed by atoms with E-state index in [9.17, 15) is 18.0 Å². The highest BCUT2D eigenvalue weighted by Gasteiger charge is 2.34. The van der Waals surface area contributed by atoms with E-state index in [1.807, 2.05) is 52.0 Å². The van der Waals surface area contributed by atoms with Gasteiger partial charge in [-0.05, 0) is 75.2 Å². The van der Waals surface area contributed by atoms with Crippen LogP contribution < -0.4 is 14.4 Å². The number of halogens is 1.